The van der Waals surface area contributed by atoms with E-state index >= 15 is 0 Å². The van der Waals surface area contributed by atoms with Crippen LogP contribution in [0.25, 0.3) is 0 Å². The molecule has 5 nitrogen and oxygen atoms in total. The molecule has 2 atom stereocenters. The van der Waals surface area contributed by atoms with E-state index in [4.69, 9.17) is 0 Å². The van der Waals surface area contributed by atoms with Gasteiger partial charge in [-0.1, -0.05) is 12.8 Å². The standard InChI is InChI=1S/C17H27N3O2/c1-12(2)20-13(3)15(10-18-20)16(21)19-9-8-17(22)7-5-4-6-14(17)11-19/h10,12,14,22H,4-9,11H2,1-3H3. The first-order chi connectivity index (χ1) is 10.4. The van der Waals surface area contributed by atoms with E-state index in [1.165, 1.54) is 6.42 Å². The van der Waals surface area contributed by atoms with E-state index in [0.717, 1.165) is 25.0 Å². The molecule has 0 aromatic carbocycles. The molecule has 3 rings (SSSR count). The molecule has 1 saturated carbocycles. The number of nitrogens with zero attached hydrogens (tertiary/aromatic N) is 3. The van der Waals surface area contributed by atoms with Crippen LogP contribution < -0.4 is 0 Å². The number of hydrogen-bond donors (Lipinski definition) is 1. The second kappa shape index (κ2) is 5.69. The molecule has 22 heavy (non-hydrogen) atoms. The summed E-state index contributed by atoms with van der Waals surface area (Å²) in [6.45, 7) is 7.43. The summed E-state index contributed by atoms with van der Waals surface area (Å²) in [7, 11) is 0. The van der Waals surface area contributed by atoms with E-state index in [0.29, 0.717) is 25.1 Å². The van der Waals surface area contributed by atoms with Crippen molar-refractivity contribution in [1.29, 1.82) is 0 Å². The maximum Gasteiger partial charge on any atom is 0.257 e. The molecule has 0 radical (unpaired) electrons. The minimum Gasteiger partial charge on any atom is -0.389 e. The molecule has 1 N–H and O–H groups in total. The summed E-state index contributed by atoms with van der Waals surface area (Å²) in [4.78, 5) is 14.7. The third-order valence-electron chi connectivity index (χ3n) is 5.48. The van der Waals surface area contributed by atoms with Gasteiger partial charge in [0.15, 0.2) is 0 Å². The predicted octanol–water partition coefficient (Wildman–Crippen LogP) is 2.54. The van der Waals surface area contributed by atoms with Crippen LogP contribution in [0.15, 0.2) is 6.20 Å². The van der Waals surface area contributed by atoms with Crippen molar-refractivity contribution in [2.75, 3.05) is 13.1 Å². The van der Waals surface area contributed by atoms with Gasteiger partial charge < -0.3 is 10.0 Å². The van der Waals surface area contributed by atoms with E-state index < -0.39 is 5.60 Å². The smallest absolute Gasteiger partial charge is 0.257 e. The minimum absolute atomic E-state index is 0.0667. The maximum absolute atomic E-state index is 12.8. The summed E-state index contributed by atoms with van der Waals surface area (Å²) in [5, 5.41) is 15.1. The van der Waals surface area contributed by atoms with Gasteiger partial charge in [0.1, 0.15) is 0 Å². The highest BCUT2D eigenvalue weighted by atomic mass is 16.3. The molecule has 0 spiro atoms. The van der Waals surface area contributed by atoms with Crippen LogP contribution in [0.4, 0.5) is 0 Å². The van der Waals surface area contributed by atoms with Gasteiger partial charge in [-0.3, -0.25) is 9.48 Å². The van der Waals surface area contributed by atoms with Gasteiger partial charge in [0, 0.05) is 30.7 Å². The number of amides is 1. The number of likely N-dealkylation sites (tertiary alicyclic amines) is 1. The number of fused-ring (bicyclic) bond motifs is 1. The molecule has 1 aliphatic carbocycles. The predicted molar refractivity (Wildman–Crippen MR) is 84.8 cm³/mol. The fourth-order valence-electron chi connectivity index (χ4n) is 4.08. The van der Waals surface area contributed by atoms with Gasteiger partial charge in [-0.05, 0) is 40.0 Å². The topological polar surface area (TPSA) is 58.4 Å². The second-order valence-electron chi connectivity index (χ2n) is 7.23. The van der Waals surface area contributed by atoms with Crippen LogP contribution in [0.5, 0.6) is 0 Å². The van der Waals surface area contributed by atoms with Gasteiger partial charge in [0.05, 0.1) is 17.4 Å². The van der Waals surface area contributed by atoms with Crippen LogP contribution in [-0.4, -0.2) is 44.4 Å². The molecule has 1 saturated heterocycles. The number of piperidine rings is 1. The van der Waals surface area contributed by atoms with Gasteiger partial charge >= 0.3 is 0 Å². The number of carbonyl (C=O) groups is 1. The lowest BCUT2D eigenvalue weighted by molar-refractivity contribution is -0.0886. The highest BCUT2D eigenvalue weighted by Gasteiger charge is 2.44. The van der Waals surface area contributed by atoms with Gasteiger partial charge in [0.2, 0.25) is 0 Å². The Hall–Kier alpha value is -1.36. The van der Waals surface area contributed by atoms with E-state index in [1.807, 2.05) is 16.5 Å². The van der Waals surface area contributed by atoms with Crippen LogP contribution in [0.2, 0.25) is 0 Å². The van der Waals surface area contributed by atoms with E-state index in [-0.39, 0.29) is 17.9 Å². The fraction of sp³-hybridized carbons (Fsp3) is 0.765. The average Bonchev–Trinajstić information content (AvgIpc) is 2.87. The second-order valence-corrected chi connectivity index (χ2v) is 7.23. The van der Waals surface area contributed by atoms with Crippen molar-refractivity contribution in [1.82, 2.24) is 14.7 Å². The number of carbonyl (C=O) groups excluding carboxylic acids is 1. The Morgan fingerprint density at radius 3 is 2.86 bits per heavy atom. The van der Waals surface area contributed by atoms with Crippen molar-refractivity contribution in [2.24, 2.45) is 5.92 Å². The van der Waals surface area contributed by atoms with E-state index in [1.54, 1.807) is 6.20 Å². The largest absolute Gasteiger partial charge is 0.389 e. The number of hydrogen-bond acceptors (Lipinski definition) is 3. The van der Waals surface area contributed by atoms with Gasteiger partial charge in [-0.25, -0.2) is 0 Å². The quantitative estimate of drug-likeness (QED) is 0.913. The molecular weight excluding hydrogens is 278 g/mol. The Balaban J connectivity index is 1.76. The third kappa shape index (κ3) is 2.56. The number of aliphatic hydroxyl groups is 1. The fourth-order valence-corrected chi connectivity index (χ4v) is 4.08. The van der Waals surface area contributed by atoms with Crippen molar-refractivity contribution in [3.8, 4) is 0 Å². The molecule has 2 heterocycles. The number of rotatable bonds is 2. The summed E-state index contributed by atoms with van der Waals surface area (Å²) in [6, 6.07) is 0.256. The molecular formula is C17H27N3O2. The molecule has 2 aliphatic rings. The first-order valence-electron chi connectivity index (χ1n) is 8.48. The summed E-state index contributed by atoms with van der Waals surface area (Å²) in [6.07, 6.45) is 6.61. The zero-order chi connectivity index (χ0) is 15.9. The lowest BCUT2D eigenvalue weighted by atomic mass is 9.71. The van der Waals surface area contributed by atoms with Gasteiger partial charge in [0.25, 0.3) is 5.91 Å². The van der Waals surface area contributed by atoms with Gasteiger partial charge in [-0.2, -0.15) is 5.10 Å². The van der Waals surface area contributed by atoms with Crippen LogP contribution in [0.1, 0.15) is 68.0 Å². The Morgan fingerprint density at radius 2 is 2.18 bits per heavy atom. The molecule has 5 heteroatoms. The van der Waals surface area contributed by atoms with E-state index in [9.17, 15) is 9.90 Å². The summed E-state index contributed by atoms with van der Waals surface area (Å²) < 4.78 is 1.90. The molecule has 1 aromatic rings. The Morgan fingerprint density at radius 1 is 1.41 bits per heavy atom. The highest BCUT2D eigenvalue weighted by Crippen LogP contribution is 2.40. The van der Waals surface area contributed by atoms with Crippen LogP contribution >= 0.6 is 0 Å². The highest BCUT2D eigenvalue weighted by molar-refractivity contribution is 5.95. The normalized spacial score (nSPS) is 28.8. The molecule has 122 valence electrons. The Labute approximate surface area is 132 Å². The van der Waals surface area contributed by atoms with Crippen molar-refractivity contribution in [2.45, 2.75) is 64.5 Å². The van der Waals surface area contributed by atoms with Crippen LogP contribution in [0.3, 0.4) is 0 Å². The van der Waals surface area contributed by atoms with Crippen LogP contribution in [-0.2, 0) is 0 Å². The summed E-state index contributed by atoms with van der Waals surface area (Å²) >= 11 is 0. The molecule has 2 unspecified atom stereocenters. The lowest BCUT2D eigenvalue weighted by Gasteiger charge is -2.47. The SMILES string of the molecule is Cc1c(C(=O)N2CCC3(O)CCCCC3C2)cnn1C(C)C. The average molecular weight is 305 g/mol. The molecule has 1 aliphatic heterocycles. The van der Waals surface area contributed by atoms with Crippen molar-refractivity contribution in [3.63, 3.8) is 0 Å². The minimum atomic E-state index is -0.536. The molecule has 1 amide bonds. The van der Waals surface area contributed by atoms with Crippen molar-refractivity contribution < 1.29 is 9.90 Å². The van der Waals surface area contributed by atoms with Gasteiger partial charge in [-0.15, -0.1) is 0 Å². The monoisotopic (exact) mass is 305 g/mol. The van der Waals surface area contributed by atoms with Crippen LogP contribution in [0, 0.1) is 12.8 Å². The summed E-state index contributed by atoms with van der Waals surface area (Å²) in [5.74, 6) is 0.302. The Kier molecular flexibility index (Phi) is 4.02. The Bertz CT molecular complexity index is 566. The van der Waals surface area contributed by atoms with Crippen molar-refractivity contribution >= 4 is 5.91 Å². The maximum atomic E-state index is 12.8. The van der Waals surface area contributed by atoms with Crippen molar-refractivity contribution in [3.05, 3.63) is 17.5 Å². The first-order valence-corrected chi connectivity index (χ1v) is 8.48. The molecule has 1 aromatic heterocycles. The molecule has 2 fully saturated rings. The third-order valence-corrected chi connectivity index (χ3v) is 5.48. The summed E-state index contributed by atoms with van der Waals surface area (Å²) in [5.41, 5.74) is 1.10. The number of aromatic nitrogens is 2. The lowest BCUT2D eigenvalue weighted by Crippen LogP contribution is -2.54. The zero-order valence-electron chi connectivity index (χ0n) is 13.9. The first kappa shape index (κ1) is 15.5. The zero-order valence-corrected chi connectivity index (χ0v) is 13.9. The molecule has 0 bridgehead atoms. The van der Waals surface area contributed by atoms with E-state index in [2.05, 4.69) is 18.9 Å².